The molecule has 1 aromatic carbocycles. The molecule has 4 atom stereocenters. The zero-order chi connectivity index (χ0) is 14.8. The van der Waals surface area contributed by atoms with Gasteiger partial charge in [0.25, 0.3) is 0 Å². The fraction of sp³-hybridized carbons (Fsp3) is 0.588. The van der Waals surface area contributed by atoms with Crippen molar-refractivity contribution in [3.63, 3.8) is 0 Å². The van der Waals surface area contributed by atoms with Crippen LogP contribution in [0.1, 0.15) is 50.6 Å². The quantitative estimate of drug-likeness (QED) is 0.875. The Bertz CT molecular complexity index is 505. The van der Waals surface area contributed by atoms with Crippen LogP contribution in [-0.4, -0.2) is 18.0 Å². The smallest absolute Gasteiger partial charge is 0.237 e. The summed E-state index contributed by atoms with van der Waals surface area (Å²) in [5, 5.41) is 6.70. The highest BCUT2D eigenvalue weighted by molar-refractivity contribution is 9.10. The molecule has 1 amide bonds. The molecular weight excluding hydrogens is 328 g/mol. The molecule has 2 aliphatic rings. The van der Waals surface area contributed by atoms with Crippen LogP contribution >= 0.6 is 15.9 Å². The lowest BCUT2D eigenvalue weighted by molar-refractivity contribution is -0.123. The number of fused-ring (bicyclic) bond motifs is 1. The van der Waals surface area contributed by atoms with Gasteiger partial charge in [-0.3, -0.25) is 4.79 Å². The minimum Gasteiger partial charge on any atom is -0.348 e. The summed E-state index contributed by atoms with van der Waals surface area (Å²) >= 11 is 3.55. The third-order valence-electron chi connectivity index (χ3n) is 4.91. The fourth-order valence-electron chi connectivity index (χ4n) is 3.74. The molecule has 1 saturated heterocycles. The van der Waals surface area contributed by atoms with Crippen molar-refractivity contribution in [3.8, 4) is 0 Å². The van der Waals surface area contributed by atoms with E-state index in [1.54, 1.807) is 0 Å². The molecule has 3 rings (SSSR count). The molecule has 1 aliphatic heterocycles. The summed E-state index contributed by atoms with van der Waals surface area (Å²) in [5.41, 5.74) is 1.13. The number of nitrogens with one attached hydrogen (secondary N) is 2. The van der Waals surface area contributed by atoms with Crippen LogP contribution in [0.3, 0.4) is 0 Å². The molecule has 0 aromatic heterocycles. The monoisotopic (exact) mass is 350 g/mol. The molecule has 0 spiro atoms. The van der Waals surface area contributed by atoms with Crippen molar-refractivity contribution in [1.82, 2.24) is 10.6 Å². The fourth-order valence-corrected chi connectivity index (χ4v) is 4.37. The Hall–Kier alpha value is -0.870. The highest BCUT2D eigenvalue weighted by Gasteiger charge is 2.38. The van der Waals surface area contributed by atoms with Gasteiger partial charge in [0.1, 0.15) is 0 Å². The molecule has 1 aliphatic carbocycles. The standard InChI is InChI=1S/C17H23BrN2O/c1-11(13-7-3-4-8-14(13)18)19-17(21)16-10-12-6-2-5-9-15(12)20-16/h3-4,7-8,11-12,15-16,20H,2,5-6,9-10H2,1H3,(H,19,21)/t11-,12?,15?,16?/m0/s1. The van der Waals surface area contributed by atoms with E-state index in [4.69, 9.17) is 0 Å². The van der Waals surface area contributed by atoms with Crippen LogP contribution in [0.15, 0.2) is 28.7 Å². The maximum atomic E-state index is 12.5. The van der Waals surface area contributed by atoms with E-state index < -0.39 is 0 Å². The minimum atomic E-state index is -0.0111. The van der Waals surface area contributed by atoms with Gasteiger partial charge >= 0.3 is 0 Å². The molecule has 1 aromatic rings. The van der Waals surface area contributed by atoms with E-state index in [1.165, 1.54) is 25.7 Å². The summed E-state index contributed by atoms with van der Waals surface area (Å²) in [6.45, 7) is 2.04. The van der Waals surface area contributed by atoms with Gasteiger partial charge in [-0.1, -0.05) is 47.0 Å². The van der Waals surface area contributed by atoms with E-state index in [9.17, 15) is 4.79 Å². The number of rotatable bonds is 3. The van der Waals surface area contributed by atoms with Crippen LogP contribution in [0.25, 0.3) is 0 Å². The zero-order valence-corrected chi connectivity index (χ0v) is 14.0. The van der Waals surface area contributed by atoms with Crippen LogP contribution in [-0.2, 0) is 4.79 Å². The van der Waals surface area contributed by atoms with E-state index in [0.29, 0.717) is 12.0 Å². The van der Waals surface area contributed by atoms with E-state index in [1.807, 2.05) is 25.1 Å². The van der Waals surface area contributed by atoms with E-state index >= 15 is 0 Å². The van der Waals surface area contributed by atoms with Crippen molar-refractivity contribution in [2.75, 3.05) is 0 Å². The molecule has 0 bridgehead atoms. The van der Waals surface area contributed by atoms with Gasteiger partial charge in [-0.2, -0.15) is 0 Å². The maximum absolute atomic E-state index is 12.5. The lowest BCUT2D eigenvalue weighted by Gasteiger charge is -2.24. The zero-order valence-electron chi connectivity index (χ0n) is 12.4. The van der Waals surface area contributed by atoms with Crippen LogP contribution in [0.2, 0.25) is 0 Å². The summed E-state index contributed by atoms with van der Waals surface area (Å²) in [6, 6.07) is 8.64. The topological polar surface area (TPSA) is 41.1 Å². The summed E-state index contributed by atoms with van der Waals surface area (Å²) in [7, 11) is 0. The lowest BCUT2D eigenvalue weighted by atomic mass is 9.85. The highest BCUT2D eigenvalue weighted by Crippen LogP contribution is 2.33. The second-order valence-corrected chi connectivity index (χ2v) is 7.21. The minimum absolute atomic E-state index is 0.0111. The van der Waals surface area contributed by atoms with Gasteiger partial charge in [-0.25, -0.2) is 0 Å². The van der Waals surface area contributed by atoms with Crippen LogP contribution in [0.4, 0.5) is 0 Å². The van der Waals surface area contributed by atoms with Crippen molar-refractivity contribution in [1.29, 1.82) is 0 Å². The summed E-state index contributed by atoms with van der Waals surface area (Å²) in [5.74, 6) is 0.848. The van der Waals surface area contributed by atoms with Gasteiger partial charge in [0, 0.05) is 10.5 Å². The lowest BCUT2D eigenvalue weighted by Crippen LogP contribution is -2.43. The third-order valence-corrected chi connectivity index (χ3v) is 5.63. The first kappa shape index (κ1) is 15.0. The van der Waals surface area contributed by atoms with Crippen molar-refractivity contribution in [2.24, 2.45) is 5.92 Å². The highest BCUT2D eigenvalue weighted by atomic mass is 79.9. The molecular formula is C17H23BrN2O. The number of halogens is 1. The average Bonchev–Trinajstić information content (AvgIpc) is 2.91. The van der Waals surface area contributed by atoms with Gasteiger partial charge < -0.3 is 10.6 Å². The number of hydrogen-bond acceptors (Lipinski definition) is 2. The second kappa shape index (κ2) is 6.49. The molecule has 114 valence electrons. The molecule has 21 heavy (non-hydrogen) atoms. The Labute approximate surface area is 135 Å². The van der Waals surface area contributed by atoms with Crippen LogP contribution < -0.4 is 10.6 Å². The van der Waals surface area contributed by atoms with Gasteiger partial charge in [0.2, 0.25) is 5.91 Å². The van der Waals surface area contributed by atoms with Crippen molar-refractivity contribution in [2.45, 2.75) is 57.2 Å². The number of amides is 1. The summed E-state index contributed by atoms with van der Waals surface area (Å²) < 4.78 is 1.05. The van der Waals surface area contributed by atoms with Gasteiger partial charge in [-0.15, -0.1) is 0 Å². The third kappa shape index (κ3) is 3.32. The molecule has 3 nitrogen and oxygen atoms in total. The van der Waals surface area contributed by atoms with Crippen LogP contribution in [0.5, 0.6) is 0 Å². The maximum Gasteiger partial charge on any atom is 0.237 e. The predicted octanol–water partition coefficient (Wildman–Crippen LogP) is 3.55. The first-order chi connectivity index (χ1) is 10.1. The second-order valence-electron chi connectivity index (χ2n) is 6.36. The predicted molar refractivity (Wildman–Crippen MR) is 88.0 cm³/mol. The largest absolute Gasteiger partial charge is 0.348 e. The number of hydrogen-bond donors (Lipinski definition) is 2. The van der Waals surface area contributed by atoms with Gasteiger partial charge in [-0.05, 0) is 43.7 Å². The molecule has 1 heterocycles. The Morgan fingerprint density at radius 2 is 2.10 bits per heavy atom. The molecule has 3 unspecified atom stereocenters. The Kier molecular flexibility index (Phi) is 4.65. The van der Waals surface area contributed by atoms with Crippen molar-refractivity contribution < 1.29 is 4.79 Å². The SMILES string of the molecule is C[C@H](NC(=O)C1CC2CCCCC2N1)c1ccccc1Br. The van der Waals surface area contributed by atoms with Gasteiger partial charge in [0.05, 0.1) is 12.1 Å². The Morgan fingerprint density at radius 1 is 1.33 bits per heavy atom. The number of benzene rings is 1. The normalized spacial score (nSPS) is 29.7. The summed E-state index contributed by atoms with van der Waals surface area (Å²) in [6.07, 6.45) is 6.13. The first-order valence-corrected chi connectivity index (χ1v) is 8.75. The van der Waals surface area contributed by atoms with Crippen molar-refractivity contribution >= 4 is 21.8 Å². The number of carbonyl (C=O) groups excluding carboxylic acids is 1. The average molecular weight is 351 g/mol. The number of carbonyl (C=O) groups is 1. The summed E-state index contributed by atoms with van der Waals surface area (Å²) in [4.78, 5) is 12.5. The Morgan fingerprint density at radius 3 is 2.86 bits per heavy atom. The molecule has 0 radical (unpaired) electrons. The molecule has 4 heteroatoms. The van der Waals surface area contributed by atoms with E-state index in [2.05, 4.69) is 32.6 Å². The van der Waals surface area contributed by atoms with Crippen molar-refractivity contribution in [3.05, 3.63) is 34.3 Å². The van der Waals surface area contributed by atoms with Gasteiger partial charge in [0.15, 0.2) is 0 Å². The molecule has 1 saturated carbocycles. The molecule has 2 N–H and O–H groups in total. The van der Waals surface area contributed by atoms with E-state index in [0.717, 1.165) is 16.5 Å². The Balaban J connectivity index is 1.60. The van der Waals surface area contributed by atoms with E-state index in [-0.39, 0.29) is 18.0 Å². The molecule has 2 fully saturated rings. The van der Waals surface area contributed by atoms with Crippen LogP contribution in [0, 0.1) is 5.92 Å². The first-order valence-electron chi connectivity index (χ1n) is 7.96.